The summed E-state index contributed by atoms with van der Waals surface area (Å²) >= 11 is 0. The summed E-state index contributed by atoms with van der Waals surface area (Å²) in [6, 6.07) is 89.0. The molecule has 0 amide bonds. The van der Waals surface area contributed by atoms with Gasteiger partial charge in [0.15, 0.2) is 0 Å². The van der Waals surface area contributed by atoms with Crippen molar-refractivity contribution in [3.63, 3.8) is 0 Å². The van der Waals surface area contributed by atoms with Crippen LogP contribution in [0.15, 0.2) is 243 Å². The molecule has 0 radical (unpaired) electrons. The lowest BCUT2D eigenvalue weighted by molar-refractivity contribution is 1.18. The molecule has 0 spiro atoms. The van der Waals surface area contributed by atoms with Gasteiger partial charge in [-0.1, -0.05) is 194 Å². The first kappa shape index (κ1) is 36.2. The van der Waals surface area contributed by atoms with E-state index >= 15 is 0 Å². The van der Waals surface area contributed by atoms with Crippen molar-refractivity contribution in [2.24, 2.45) is 0 Å². The first-order chi connectivity index (χ1) is 31.8. The van der Waals surface area contributed by atoms with Crippen molar-refractivity contribution in [3.05, 3.63) is 243 Å². The zero-order chi connectivity index (χ0) is 42.1. The Morgan fingerprint density at radius 2 is 0.516 bits per heavy atom. The molecule has 0 atom stereocenters. The van der Waals surface area contributed by atoms with Gasteiger partial charge in [-0.3, -0.25) is 0 Å². The predicted molar refractivity (Wildman–Crippen MR) is 272 cm³/mol. The largest absolute Gasteiger partial charge is 0.309 e. The second kappa shape index (κ2) is 14.6. The number of aromatic nitrogens is 2. The summed E-state index contributed by atoms with van der Waals surface area (Å²) in [4.78, 5) is 0. The Labute approximate surface area is 371 Å². The SMILES string of the molecule is c1ccc(-c2c3cccc(-c4ccc(-n5c6ccccc6c6ccccc65)cc4)c3c(-c3ccccc3)c3c(-c4ccc(-n5c6ccccc6c6ccccc65)cc4)cccc23)cc1. The summed E-state index contributed by atoms with van der Waals surface area (Å²) in [5.41, 5.74) is 16.8. The molecule has 0 aliphatic rings. The quantitative estimate of drug-likeness (QED) is 0.148. The molecule has 0 saturated carbocycles. The lowest BCUT2D eigenvalue weighted by atomic mass is 9.81. The third kappa shape index (κ3) is 5.53. The third-order valence-electron chi connectivity index (χ3n) is 13.3. The van der Waals surface area contributed by atoms with Crippen molar-refractivity contribution >= 4 is 65.2 Å². The zero-order valence-corrected chi connectivity index (χ0v) is 35.0. The van der Waals surface area contributed by atoms with Gasteiger partial charge in [0, 0.05) is 32.9 Å². The standard InChI is InChI=1S/C62H40N2/c1-3-17-43(18-4-1)59-53-27-15-25-47(41-33-37-45(38-34-41)63-55-29-11-7-21-49(55)50-22-8-12-30-56(50)63)61(53)60(44-19-5-2-6-20-44)62-48(26-16-28-54(59)62)42-35-39-46(40-36-42)64-57-31-13-9-23-51(57)52-24-10-14-32-58(52)64/h1-40H. The van der Waals surface area contributed by atoms with Crippen LogP contribution in [0.1, 0.15) is 0 Å². The number of nitrogens with zero attached hydrogens (tertiary/aromatic N) is 2. The average Bonchev–Trinajstić information content (AvgIpc) is 3.89. The van der Waals surface area contributed by atoms with Crippen LogP contribution in [0, 0.1) is 0 Å². The van der Waals surface area contributed by atoms with Crippen molar-refractivity contribution < 1.29 is 0 Å². The lowest BCUT2D eigenvalue weighted by Gasteiger charge is -2.22. The Balaban J connectivity index is 1.06. The smallest absolute Gasteiger partial charge is 0.0541 e. The molecule has 0 aliphatic heterocycles. The van der Waals surface area contributed by atoms with Gasteiger partial charge in [-0.2, -0.15) is 0 Å². The van der Waals surface area contributed by atoms with E-state index in [9.17, 15) is 0 Å². The maximum Gasteiger partial charge on any atom is 0.0541 e. The molecule has 2 aromatic heterocycles. The van der Waals surface area contributed by atoms with Gasteiger partial charge in [0.25, 0.3) is 0 Å². The normalized spacial score (nSPS) is 11.8. The topological polar surface area (TPSA) is 9.86 Å². The maximum atomic E-state index is 2.40. The van der Waals surface area contributed by atoms with Crippen LogP contribution in [-0.4, -0.2) is 9.13 Å². The molecule has 0 bridgehead atoms. The molecular formula is C62H40N2. The molecule has 2 heteroatoms. The second-order valence-corrected chi connectivity index (χ2v) is 16.8. The Bertz CT molecular complexity index is 3590. The minimum absolute atomic E-state index is 1.15. The average molecular weight is 813 g/mol. The highest BCUT2D eigenvalue weighted by molar-refractivity contribution is 6.27. The second-order valence-electron chi connectivity index (χ2n) is 16.8. The third-order valence-corrected chi connectivity index (χ3v) is 13.3. The van der Waals surface area contributed by atoms with Crippen LogP contribution in [0.4, 0.5) is 0 Å². The van der Waals surface area contributed by atoms with Gasteiger partial charge < -0.3 is 9.13 Å². The maximum absolute atomic E-state index is 2.40. The molecule has 2 heterocycles. The van der Waals surface area contributed by atoms with Crippen molar-refractivity contribution in [2.45, 2.75) is 0 Å². The highest BCUT2D eigenvalue weighted by Crippen LogP contribution is 2.50. The summed E-state index contributed by atoms with van der Waals surface area (Å²) in [5.74, 6) is 0. The fourth-order valence-electron chi connectivity index (χ4n) is 10.6. The summed E-state index contributed by atoms with van der Waals surface area (Å²) < 4.78 is 4.79. The number of para-hydroxylation sites is 4. The number of hydrogen-bond acceptors (Lipinski definition) is 0. The molecule has 2 nitrogen and oxygen atoms in total. The van der Waals surface area contributed by atoms with E-state index in [1.165, 1.54) is 110 Å². The van der Waals surface area contributed by atoms with Crippen LogP contribution in [0.2, 0.25) is 0 Å². The van der Waals surface area contributed by atoms with E-state index in [1.54, 1.807) is 0 Å². The van der Waals surface area contributed by atoms with Gasteiger partial charge in [-0.15, -0.1) is 0 Å². The molecule has 13 rings (SSSR count). The van der Waals surface area contributed by atoms with Crippen LogP contribution in [0.25, 0.3) is 121 Å². The number of fused-ring (bicyclic) bond motifs is 8. The summed E-state index contributed by atoms with van der Waals surface area (Å²) in [7, 11) is 0. The van der Waals surface area contributed by atoms with E-state index in [2.05, 4.69) is 252 Å². The van der Waals surface area contributed by atoms with Gasteiger partial charge >= 0.3 is 0 Å². The Morgan fingerprint density at radius 1 is 0.203 bits per heavy atom. The van der Waals surface area contributed by atoms with Gasteiger partial charge in [0.2, 0.25) is 0 Å². The highest BCUT2D eigenvalue weighted by atomic mass is 15.0. The zero-order valence-electron chi connectivity index (χ0n) is 35.0. The molecule has 298 valence electrons. The Kier molecular flexibility index (Phi) is 8.25. The van der Waals surface area contributed by atoms with E-state index in [4.69, 9.17) is 0 Å². The monoisotopic (exact) mass is 812 g/mol. The van der Waals surface area contributed by atoms with Crippen molar-refractivity contribution in [3.8, 4) is 55.9 Å². The van der Waals surface area contributed by atoms with Crippen molar-refractivity contribution in [1.82, 2.24) is 9.13 Å². The van der Waals surface area contributed by atoms with E-state index < -0.39 is 0 Å². The molecule has 13 aromatic rings. The predicted octanol–water partition coefficient (Wildman–Crippen LogP) is 16.9. The van der Waals surface area contributed by atoms with E-state index in [-0.39, 0.29) is 0 Å². The van der Waals surface area contributed by atoms with Gasteiger partial charge in [-0.05, 0) is 115 Å². The van der Waals surface area contributed by atoms with E-state index in [1.807, 2.05) is 0 Å². The molecule has 0 saturated heterocycles. The summed E-state index contributed by atoms with van der Waals surface area (Å²) in [5, 5.41) is 10.0. The summed E-state index contributed by atoms with van der Waals surface area (Å²) in [6.45, 7) is 0. The summed E-state index contributed by atoms with van der Waals surface area (Å²) in [6.07, 6.45) is 0. The van der Waals surface area contributed by atoms with E-state index in [0.717, 1.165) is 11.4 Å². The van der Waals surface area contributed by atoms with Gasteiger partial charge in [0.1, 0.15) is 0 Å². The first-order valence-electron chi connectivity index (χ1n) is 22.1. The lowest BCUT2D eigenvalue weighted by Crippen LogP contribution is -1.96. The van der Waals surface area contributed by atoms with E-state index in [0.29, 0.717) is 0 Å². The number of hydrogen-bond donors (Lipinski definition) is 0. The van der Waals surface area contributed by atoms with Crippen molar-refractivity contribution in [2.75, 3.05) is 0 Å². The van der Waals surface area contributed by atoms with Crippen LogP contribution >= 0.6 is 0 Å². The van der Waals surface area contributed by atoms with Gasteiger partial charge in [0.05, 0.1) is 22.1 Å². The first-order valence-corrected chi connectivity index (χ1v) is 22.1. The Morgan fingerprint density at radius 3 is 0.891 bits per heavy atom. The minimum Gasteiger partial charge on any atom is -0.309 e. The molecule has 0 N–H and O–H groups in total. The van der Waals surface area contributed by atoms with Crippen LogP contribution < -0.4 is 0 Å². The van der Waals surface area contributed by atoms with Crippen LogP contribution in [-0.2, 0) is 0 Å². The fraction of sp³-hybridized carbons (Fsp3) is 0. The molecule has 0 fully saturated rings. The number of benzene rings is 11. The van der Waals surface area contributed by atoms with Crippen molar-refractivity contribution in [1.29, 1.82) is 0 Å². The molecule has 64 heavy (non-hydrogen) atoms. The number of rotatable bonds is 6. The van der Waals surface area contributed by atoms with Crippen LogP contribution in [0.3, 0.4) is 0 Å². The Hall–Kier alpha value is -8.46. The fourth-order valence-corrected chi connectivity index (χ4v) is 10.6. The van der Waals surface area contributed by atoms with Gasteiger partial charge in [-0.25, -0.2) is 0 Å². The minimum atomic E-state index is 1.15. The van der Waals surface area contributed by atoms with Crippen LogP contribution in [0.5, 0.6) is 0 Å². The molecule has 11 aromatic carbocycles. The molecule has 0 unspecified atom stereocenters. The molecule has 0 aliphatic carbocycles. The highest BCUT2D eigenvalue weighted by Gasteiger charge is 2.23. The molecular weight excluding hydrogens is 773 g/mol.